The summed E-state index contributed by atoms with van der Waals surface area (Å²) in [5.41, 5.74) is 1.32. The monoisotopic (exact) mass is 398 g/mol. The smallest absolute Gasteiger partial charge is 0.323 e. The highest BCUT2D eigenvalue weighted by Gasteiger charge is 2.30. The summed E-state index contributed by atoms with van der Waals surface area (Å²) in [7, 11) is 0. The van der Waals surface area contributed by atoms with Gasteiger partial charge in [0.2, 0.25) is 5.52 Å². The molecule has 0 radical (unpaired) electrons. The van der Waals surface area contributed by atoms with Crippen LogP contribution >= 0.6 is 0 Å². The van der Waals surface area contributed by atoms with Gasteiger partial charge in [0, 0.05) is 30.9 Å². The van der Waals surface area contributed by atoms with Crippen LogP contribution in [0.15, 0.2) is 35.0 Å². The van der Waals surface area contributed by atoms with E-state index in [9.17, 15) is 20.2 Å². The summed E-state index contributed by atoms with van der Waals surface area (Å²) in [6.45, 7) is 3.54. The average molecular weight is 398 g/mol. The normalized spacial score (nSPS) is 14.9. The molecule has 1 N–H and O–H groups in total. The van der Waals surface area contributed by atoms with E-state index < -0.39 is 9.85 Å². The van der Waals surface area contributed by atoms with E-state index >= 15 is 0 Å². The third-order valence-corrected chi connectivity index (χ3v) is 5.13. The van der Waals surface area contributed by atoms with Crippen molar-refractivity contribution in [2.75, 3.05) is 23.3 Å². The van der Waals surface area contributed by atoms with E-state index in [1.807, 2.05) is 4.90 Å². The number of hydrogen-bond donors (Lipinski definition) is 1. The lowest BCUT2D eigenvalue weighted by molar-refractivity contribution is -0.384. The number of nitrogens with one attached hydrogen (secondary N) is 1. The highest BCUT2D eigenvalue weighted by Crippen LogP contribution is 2.41. The summed E-state index contributed by atoms with van der Waals surface area (Å²) in [6, 6.07) is 7.62. The van der Waals surface area contributed by atoms with Gasteiger partial charge in [0.25, 0.3) is 5.69 Å². The molecule has 2 aromatic carbocycles. The molecule has 0 aliphatic carbocycles. The van der Waals surface area contributed by atoms with Crippen molar-refractivity contribution in [3.8, 4) is 0 Å². The van der Waals surface area contributed by atoms with Crippen LogP contribution in [0.4, 0.5) is 28.4 Å². The largest absolute Gasteiger partial charge is 0.366 e. The highest BCUT2D eigenvalue weighted by molar-refractivity contribution is 6.00. The van der Waals surface area contributed by atoms with Gasteiger partial charge in [-0.05, 0) is 41.2 Å². The summed E-state index contributed by atoms with van der Waals surface area (Å²) in [5.74, 6) is 0.560. The second-order valence-corrected chi connectivity index (χ2v) is 7.11. The number of hydrogen-bond acceptors (Lipinski definition) is 9. The van der Waals surface area contributed by atoms with Gasteiger partial charge in [-0.25, -0.2) is 4.63 Å². The van der Waals surface area contributed by atoms with Crippen LogP contribution in [0.5, 0.6) is 0 Å². The number of nitrogens with zero attached hydrogens (tertiary/aromatic N) is 5. The molecule has 1 saturated heterocycles. The molecular weight excluding hydrogens is 380 g/mol. The second kappa shape index (κ2) is 7.34. The Kier molecular flexibility index (Phi) is 4.71. The number of rotatable bonds is 5. The molecule has 11 heteroatoms. The van der Waals surface area contributed by atoms with Crippen LogP contribution in [-0.2, 0) is 0 Å². The van der Waals surface area contributed by atoms with Gasteiger partial charge in [0.15, 0.2) is 5.52 Å². The zero-order chi connectivity index (χ0) is 20.5. The van der Waals surface area contributed by atoms with Gasteiger partial charge < -0.3 is 10.2 Å². The molecule has 11 nitrogen and oxygen atoms in total. The lowest BCUT2D eigenvalue weighted by Crippen LogP contribution is -2.33. The molecule has 0 unspecified atom stereocenters. The topological polar surface area (TPSA) is 140 Å². The van der Waals surface area contributed by atoms with Crippen molar-refractivity contribution in [3.63, 3.8) is 0 Å². The van der Waals surface area contributed by atoms with Gasteiger partial charge in [-0.3, -0.25) is 20.2 Å². The van der Waals surface area contributed by atoms with Gasteiger partial charge in [-0.1, -0.05) is 13.0 Å². The molecule has 1 fully saturated rings. The molecule has 1 aliphatic heterocycles. The minimum absolute atomic E-state index is 0.0408. The van der Waals surface area contributed by atoms with Crippen LogP contribution in [0.1, 0.15) is 19.8 Å². The van der Waals surface area contributed by atoms with Crippen molar-refractivity contribution in [2.45, 2.75) is 19.8 Å². The van der Waals surface area contributed by atoms with Gasteiger partial charge in [-0.2, -0.15) is 0 Å². The Bertz CT molecular complexity index is 1090. The molecule has 2 heterocycles. The van der Waals surface area contributed by atoms with E-state index in [4.69, 9.17) is 4.63 Å². The van der Waals surface area contributed by atoms with Crippen LogP contribution in [0.2, 0.25) is 0 Å². The van der Waals surface area contributed by atoms with Crippen LogP contribution in [0.3, 0.4) is 0 Å². The zero-order valence-electron chi connectivity index (χ0n) is 15.6. The van der Waals surface area contributed by atoms with Crippen molar-refractivity contribution in [3.05, 3.63) is 50.6 Å². The summed E-state index contributed by atoms with van der Waals surface area (Å²) < 4.78 is 4.78. The Balaban J connectivity index is 1.81. The second-order valence-electron chi connectivity index (χ2n) is 7.11. The minimum atomic E-state index is -0.491. The fraction of sp³-hybridized carbons (Fsp3) is 0.333. The van der Waals surface area contributed by atoms with Crippen molar-refractivity contribution in [2.24, 2.45) is 5.92 Å². The molecule has 29 heavy (non-hydrogen) atoms. The Labute approximate surface area is 164 Å². The van der Waals surface area contributed by atoms with Crippen molar-refractivity contribution < 1.29 is 14.5 Å². The molecular formula is C18H18N6O5. The van der Waals surface area contributed by atoms with E-state index in [-0.39, 0.29) is 22.4 Å². The molecule has 0 atom stereocenters. The predicted molar refractivity (Wildman–Crippen MR) is 105 cm³/mol. The van der Waals surface area contributed by atoms with Crippen LogP contribution in [0.25, 0.3) is 11.0 Å². The molecule has 3 aromatic rings. The number of benzene rings is 2. The fourth-order valence-electron chi connectivity index (χ4n) is 3.53. The molecule has 0 saturated carbocycles. The number of nitro groups is 2. The minimum Gasteiger partial charge on any atom is -0.366 e. The number of piperidine rings is 1. The van der Waals surface area contributed by atoms with Crippen LogP contribution in [0, 0.1) is 26.1 Å². The SMILES string of the molecule is CC1CCN(c2cc(Nc3cccc([N+](=O)[O-])c3)c3nonc3c2[N+](=O)[O-])CC1. The number of aromatic nitrogens is 2. The van der Waals surface area contributed by atoms with Gasteiger partial charge in [0.1, 0.15) is 5.69 Å². The Morgan fingerprint density at radius 3 is 2.52 bits per heavy atom. The van der Waals surface area contributed by atoms with Crippen molar-refractivity contribution in [1.82, 2.24) is 10.3 Å². The molecule has 150 valence electrons. The first kappa shape index (κ1) is 18.6. The van der Waals surface area contributed by atoms with E-state index in [2.05, 4.69) is 22.6 Å². The van der Waals surface area contributed by atoms with E-state index in [1.165, 1.54) is 12.1 Å². The Morgan fingerprint density at radius 2 is 1.83 bits per heavy atom. The fourth-order valence-corrected chi connectivity index (χ4v) is 3.53. The summed E-state index contributed by atoms with van der Waals surface area (Å²) in [4.78, 5) is 23.8. The molecule has 1 aliphatic rings. The molecule has 0 spiro atoms. The Morgan fingerprint density at radius 1 is 1.10 bits per heavy atom. The van der Waals surface area contributed by atoms with Crippen LogP contribution < -0.4 is 10.2 Å². The molecule has 4 rings (SSSR count). The quantitative estimate of drug-likeness (QED) is 0.498. The van der Waals surface area contributed by atoms with Gasteiger partial charge >= 0.3 is 5.69 Å². The number of anilines is 3. The lowest BCUT2D eigenvalue weighted by Gasteiger charge is -2.32. The third kappa shape index (κ3) is 3.53. The first-order valence-corrected chi connectivity index (χ1v) is 9.14. The van der Waals surface area contributed by atoms with Gasteiger partial charge in [-0.15, -0.1) is 0 Å². The first-order valence-electron chi connectivity index (χ1n) is 9.14. The Hall–Kier alpha value is -3.76. The molecule has 1 aromatic heterocycles. The average Bonchev–Trinajstić information content (AvgIpc) is 3.18. The summed E-state index contributed by atoms with van der Waals surface area (Å²) in [6.07, 6.45) is 1.86. The number of nitro benzene ring substituents is 2. The van der Waals surface area contributed by atoms with E-state index in [1.54, 1.807) is 18.2 Å². The summed E-state index contributed by atoms with van der Waals surface area (Å²) in [5, 5.41) is 33.5. The molecule has 0 amide bonds. The van der Waals surface area contributed by atoms with Crippen molar-refractivity contribution >= 4 is 39.5 Å². The summed E-state index contributed by atoms with van der Waals surface area (Å²) >= 11 is 0. The maximum absolute atomic E-state index is 11.8. The lowest BCUT2D eigenvalue weighted by atomic mass is 9.98. The van der Waals surface area contributed by atoms with E-state index in [0.29, 0.717) is 36.1 Å². The van der Waals surface area contributed by atoms with Crippen molar-refractivity contribution in [1.29, 1.82) is 0 Å². The number of non-ortho nitro benzene ring substituents is 1. The predicted octanol–water partition coefficient (Wildman–Crippen LogP) is 4.02. The highest BCUT2D eigenvalue weighted by atomic mass is 16.6. The maximum Gasteiger partial charge on any atom is 0.323 e. The van der Waals surface area contributed by atoms with Crippen LogP contribution in [-0.4, -0.2) is 33.2 Å². The first-order chi connectivity index (χ1) is 13.9. The molecule has 0 bridgehead atoms. The number of fused-ring (bicyclic) bond motifs is 1. The van der Waals surface area contributed by atoms with Gasteiger partial charge in [0.05, 0.1) is 15.5 Å². The standard InChI is InChI=1S/C18H18N6O5/c1-11-5-7-22(8-6-11)15-10-14(16-17(21-29-20-16)18(15)24(27)28)19-12-3-2-4-13(9-12)23(25)26/h2-4,9-11,19H,5-8H2,1H3. The zero-order valence-corrected chi connectivity index (χ0v) is 15.6. The third-order valence-electron chi connectivity index (χ3n) is 5.13. The maximum atomic E-state index is 11.8. The van der Waals surface area contributed by atoms with E-state index in [0.717, 1.165) is 12.8 Å².